The van der Waals surface area contributed by atoms with Crippen LogP contribution in [0.1, 0.15) is 15.9 Å². The maximum absolute atomic E-state index is 12.4. The van der Waals surface area contributed by atoms with Crippen LogP contribution in [0.15, 0.2) is 36.4 Å². The molecule has 0 unspecified atom stereocenters. The summed E-state index contributed by atoms with van der Waals surface area (Å²) in [4.78, 5) is 23.9. The number of benzene rings is 2. The number of methoxy groups -OCH3 is 2. The fourth-order valence-electron chi connectivity index (χ4n) is 2.36. The lowest BCUT2D eigenvalue weighted by Gasteiger charge is -2.18. The van der Waals surface area contributed by atoms with E-state index in [-0.39, 0.29) is 18.0 Å². The van der Waals surface area contributed by atoms with E-state index in [9.17, 15) is 20.0 Å². The monoisotopic (exact) mass is 346 g/mol. The van der Waals surface area contributed by atoms with Crippen molar-refractivity contribution in [2.45, 2.75) is 6.54 Å². The number of phenols is 1. The van der Waals surface area contributed by atoms with Crippen LogP contribution in [0.5, 0.6) is 17.2 Å². The van der Waals surface area contributed by atoms with Gasteiger partial charge in [-0.2, -0.15) is 0 Å². The van der Waals surface area contributed by atoms with E-state index in [1.165, 1.54) is 25.2 Å². The standard InChI is InChI=1S/C17H18N2O6/c1-18(10-11-4-7-15(24-2)16(8-11)25-3)17(21)12-5-6-13(19(22)23)14(20)9-12/h4-9,20H,10H2,1-3H3. The third-order valence-corrected chi connectivity index (χ3v) is 3.63. The Balaban J connectivity index is 2.18. The summed E-state index contributed by atoms with van der Waals surface area (Å²) in [6.45, 7) is 0.289. The third-order valence-electron chi connectivity index (χ3n) is 3.63. The minimum absolute atomic E-state index is 0.158. The number of carbonyl (C=O) groups excluding carboxylic acids is 1. The predicted molar refractivity (Wildman–Crippen MR) is 90.1 cm³/mol. The molecule has 8 nitrogen and oxygen atoms in total. The zero-order valence-corrected chi connectivity index (χ0v) is 14.1. The number of nitro groups is 1. The van der Waals surface area contributed by atoms with Crippen LogP contribution in [0.2, 0.25) is 0 Å². The van der Waals surface area contributed by atoms with E-state index >= 15 is 0 Å². The summed E-state index contributed by atoms with van der Waals surface area (Å²) in [5, 5.41) is 20.4. The molecule has 0 saturated carbocycles. The number of hydrogen-bond donors (Lipinski definition) is 1. The molecular formula is C17H18N2O6. The van der Waals surface area contributed by atoms with Crippen LogP contribution < -0.4 is 9.47 Å². The number of amides is 1. The zero-order valence-electron chi connectivity index (χ0n) is 14.1. The molecule has 0 aliphatic rings. The minimum Gasteiger partial charge on any atom is -0.502 e. The second kappa shape index (κ2) is 7.52. The van der Waals surface area contributed by atoms with Crippen LogP contribution in [0.3, 0.4) is 0 Å². The lowest BCUT2D eigenvalue weighted by atomic mass is 10.1. The molecule has 25 heavy (non-hydrogen) atoms. The van der Waals surface area contributed by atoms with Crippen LogP contribution in [-0.4, -0.2) is 42.1 Å². The molecule has 2 rings (SSSR count). The second-order valence-electron chi connectivity index (χ2n) is 5.31. The molecule has 1 N–H and O–H groups in total. The Morgan fingerprint density at radius 1 is 1.16 bits per heavy atom. The Morgan fingerprint density at radius 3 is 2.40 bits per heavy atom. The van der Waals surface area contributed by atoms with Crippen LogP contribution in [0.25, 0.3) is 0 Å². The second-order valence-corrected chi connectivity index (χ2v) is 5.31. The average Bonchev–Trinajstić information content (AvgIpc) is 2.60. The van der Waals surface area contributed by atoms with Gasteiger partial charge in [0.25, 0.3) is 5.91 Å². The Bertz CT molecular complexity index is 806. The summed E-state index contributed by atoms with van der Waals surface area (Å²) in [5.41, 5.74) is 0.532. The molecule has 2 aromatic rings. The van der Waals surface area contributed by atoms with Crippen molar-refractivity contribution < 1.29 is 24.3 Å². The van der Waals surface area contributed by atoms with E-state index < -0.39 is 16.4 Å². The fraction of sp³-hybridized carbons (Fsp3) is 0.235. The van der Waals surface area contributed by atoms with Gasteiger partial charge >= 0.3 is 5.69 Å². The Kier molecular flexibility index (Phi) is 5.43. The molecule has 0 saturated heterocycles. The molecule has 8 heteroatoms. The molecule has 0 atom stereocenters. The summed E-state index contributed by atoms with van der Waals surface area (Å²) in [6, 6.07) is 8.81. The van der Waals surface area contributed by atoms with Crippen molar-refractivity contribution in [3.8, 4) is 17.2 Å². The number of ether oxygens (including phenoxy) is 2. The SMILES string of the molecule is COc1ccc(CN(C)C(=O)c2ccc([N+](=O)[O-])c(O)c2)cc1OC. The number of hydrogen-bond acceptors (Lipinski definition) is 6. The molecule has 0 fully saturated rings. The molecule has 0 heterocycles. The minimum atomic E-state index is -0.711. The summed E-state index contributed by atoms with van der Waals surface area (Å²) >= 11 is 0. The van der Waals surface area contributed by atoms with Crippen molar-refractivity contribution in [2.75, 3.05) is 21.3 Å². The fourth-order valence-corrected chi connectivity index (χ4v) is 2.36. The lowest BCUT2D eigenvalue weighted by Crippen LogP contribution is -2.26. The number of carbonyl (C=O) groups is 1. The molecule has 0 aliphatic carbocycles. The molecule has 2 aromatic carbocycles. The Morgan fingerprint density at radius 2 is 1.84 bits per heavy atom. The first kappa shape index (κ1) is 18.1. The maximum Gasteiger partial charge on any atom is 0.310 e. The van der Waals surface area contributed by atoms with Gasteiger partial charge in [-0.3, -0.25) is 14.9 Å². The highest BCUT2D eigenvalue weighted by Gasteiger charge is 2.18. The van der Waals surface area contributed by atoms with Crippen molar-refractivity contribution >= 4 is 11.6 Å². The summed E-state index contributed by atoms with van der Waals surface area (Å²) < 4.78 is 10.4. The molecule has 0 radical (unpaired) electrons. The van der Waals surface area contributed by atoms with Crippen LogP contribution in [0.4, 0.5) is 5.69 Å². The van der Waals surface area contributed by atoms with Gasteiger partial charge < -0.3 is 19.5 Å². The van der Waals surface area contributed by atoms with Crippen molar-refractivity contribution in [1.82, 2.24) is 4.90 Å². The normalized spacial score (nSPS) is 10.2. The van der Waals surface area contributed by atoms with E-state index in [0.29, 0.717) is 11.5 Å². The maximum atomic E-state index is 12.4. The molecule has 0 aliphatic heterocycles. The Labute approximate surface area is 144 Å². The van der Waals surface area contributed by atoms with Gasteiger partial charge in [0.15, 0.2) is 17.2 Å². The van der Waals surface area contributed by atoms with E-state index in [1.807, 2.05) is 0 Å². The predicted octanol–water partition coefficient (Wildman–Crippen LogP) is 2.59. The van der Waals surface area contributed by atoms with Gasteiger partial charge in [-0.05, 0) is 29.8 Å². The van der Waals surface area contributed by atoms with E-state index in [2.05, 4.69) is 0 Å². The number of nitrogens with zero attached hydrogens (tertiary/aromatic N) is 2. The first-order chi connectivity index (χ1) is 11.9. The number of nitro benzene ring substituents is 1. The average molecular weight is 346 g/mol. The quantitative estimate of drug-likeness (QED) is 0.637. The van der Waals surface area contributed by atoms with Crippen molar-refractivity contribution in [3.05, 3.63) is 57.6 Å². The van der Waals surface area contributed by atoms with E-state index in [0.717, 1.165) is 17.7 Å². The van der Waals surface area contributed by atoms with Gasteiger partial charge in [-0.1, -0.05) is 6.07 Å². The smallest absolute Gasteiger partial charge is 0.310 e. The van der Waals surface area contributed by atoms with Crippen LogP contribution in [-0.2, 0) is 6.54 Å². The van der Waals surface area contributed by atoms with Crippen molar-refractivity contribution in [1.29, 1.82) is 0 Å². The number of phenolic OH excluding ortho intramolecular Hbond substituents is 1. The molecule has 0 aromatic heterocycles. The van der Waals surface area contributed by atoms with E-state index in [1.54, 1.807) is 25.2 Å². The van der Waals surface area contributed by atoms with Gasteiger partial charge in [0.2, 0.25) is 0 Å². The molecule has 1 amide bonds. The molecular weight excluding hydrogens is 328 g/mol. The zero-order chi connectivity index (χ0) is 18.6. The first-order valence-corrected chi connectivity index (χ1v) is 7.31. The van der Waals surface area contributed by atoms with E-state index in [4.69, 9.17) is 9.47 Å². The van der Waals surface area contributed by atoms with Gasteiger partial charge in [0, 0.05) is 25.2 Å². The molecule has 132 valence electrons. The molecule has 0 bridgehead atoms. The molecule has 0 spiro atoms. The van der Waals surface area contributed by atoms with Crippen LogP contribution >= 0.6 is 0 Å². The number of aromatic hydroxyl groups is 1. The highest BCUT2D eigenvalue weighted by atomic mass is 16.6. The summed E-state index contributed by atoms with van der Waals surface area (Å²) in [5.74, 6) is 0.213. The third kappa shape index (κ3) is 3.97. The highest BCUT2D eigenvalue weighted by molar-refractivity contribution is 5.94. The van der Waals surface area contributed by atoms with Crippen molar-refractivity contribution in [2.24, 2.45) is 0 Å². The first-order valence-electron chi connectivity index (χ1n) is 7.31. The Hall–Kier alpha value is -3.29. The van der Waals surface area contributed by atoms with Gasteiger partial charge in [-0.25, -0.2) is 0 Å². The number of rotatable bonds is 6. The highest BCUT2D eigenvalue weighted by Crippen LogP contribution is 2.29. The van der Waals surface area contributed by atoms with Gasteiger partial charge in [0.1, 0.15) is 0 Å². The van der Waals surface area contributed by atoms with Crippen molar-refractivity contribution in [3.63, 3.8) is 0 Å². The summed E-state index contributed by atoms with van der Waals surface area (Å²) in [7, 11) is 4.65. The largest absolute Gasteiger partial charge is 0.502 e. The topological polar surface area (TPSA) is 102 Å². The lowest BCUT2D eigenvalue weighted by molar-refractivity contribution is -0.385. The summed E-state index contributed by atoms with van der Waals surface area (Å²) in [6.07, 6.45) is 0. The van der Waals surface area contributed by atoms with Gasteiger partial charge in [-0.15, -0.1) is 0 Å². The van der Waals surface area contributed by atoms with Crippen LogP contribution in [0, 0.1) is 10.1 Å². The van der Waals surface area contributed by atoms with Gasteiger partial charge in [0.05, 0.1) is 19.1 Å².